The Hall–Kier alpha value is -1.98. The minimum absolute atomic E-state index is 0.0595. The Morgan fingerprint density at radius 3 is 2.48 bits per heavy atom. The second-order valence-corrected chi connectivity index (χ2v) is 8.59. The molecule has 29 heavy (non-hydrogen) atoms. The van der Waals surface area contributed by atoms with Crippen LogP contribution >= 0.6 is 23.2 Å². The van der Waals surface area contributed by atoms with Crippen LogP contribution in [0.4, 0.5) is 5.82 Å². The van der Waals surface area contributed by atoms with E-state index < -0.39 is 0 Å². The van der Waals surface area contributed by atoms with E-state index >= 15 is 0 Å². The van der Waals surface area contributed by atoms with E-state index in [9.17, 15) is 4.79 Å². The smallest absolute Gasteiger partial charge is 0.277 e. The van der Waals surface area contributed by atoms with Gasteiger partial charge in [0.2, 0.25) is 0 Å². The quantitative estimate of drug-likeness (QED) is 0.511. The summed E-state index contributed by atoms with van der Waals surface area (Å²) in [5.74, 6) is 1.04. The van der Waals surface area contributed by atoms with Crippen LogP contribution in [0.5, 0.6) is 0 Å². The molecule has 3 heterocycles. The Labute approximate surface area is 180 Å². The van der Waals surface area contributed by atoms with Gasteiger partial charge in [-0.05, 0) is 31.9 Å². The average molecular weight is 433 g/mol. The summed E-state index contributed by atoms with van der Waals surface area (Å²) in [5.41, 5.74) is 2.71. The van der Waals surface area contributed by atoms with Crippen molar-refractivity contribution < 1.29 is 0 Å². The summed E-state index contributed by atoms with van der Waals surface area (Å²) >= 11 is 12.5. The minimum Gasteiger partial charge on any atom is -0.352 e. The molecule has 0 N–H and O–H groups in total. The highest BCUT2D eigenvalue weighted by Crippen LogP contribution is 2.34. The van der Waals surface area contributed by atoms with Crippen LogP contribution in [-0.2, 0) is 6.54 Å². The van der Waals surface area contributed by atoms with Crippen LogP contribution in [0.2, 0.25) is 10.0 Å². The SMILES string of the molecule is CCCC(CCC)N1CCn2c(=O)c(-c3ccc(Cl)cc3Cl)c3nc(C)cc1n32. The minimum atomic E-state index is -0.0595. The highest BCUT2D eigenvalue weighted by Gasteiger charge is 2.29. The Morgan fingerprint density at radius 2 is 1.83 bits per heavy atom. The van der Waals surface area contributed by atoms with Gasteiger partial charge >= 0.3 is 0 Å². The van der Waals surface area contributed by atoms with Crippen molar-refractivity contribution in [1.29, 1.82) is 0 Å². The number of rotatable bonds is 6. The third-order valence-electron chi connectivity index (χ3n) is 5.68. The molecule has 1 aliphatic rings. The number of hydrogen-bond acceptors (Lipinski definition) is 3. The zero-order valence-corrected chi connectivity index (χ0v) is 18.6. The Bertz CT molecular complexity index is 1110. The molecule has 3 aromatic rings. The van der Waals surface area contributed by atoms with E-state index in [4.69, 9.17) is 28.2 Å². The van der Waals surface area contributed by atoms with Gasteiger partial charge in [-0.1, -0.05) is 56.0 Å². The van der Waals surface area contributed by atoms with E-state index in [1.807, 2.05) is 17.5 Å². The molecule has 5 nitrogen and oxygen atoms in total. The molecule has 0 saturated carbocycles. The lowest BCUT2D eigenvalue weighted by atomic mass is 10.0. The third kappa shape index (κ3) is 3.44. The first-order chi connectivity index (χ1) is 14.0. The molecule has 1 aliphatic heterocycles. The second kappa shape index (κ2) is 8.04. The molecular formula is C22H26Cl2N4O. The van der Waals surface area contributed by atoms with E-state index in [2.05, 4.69) is 24.8 Å². The maximum absolute atomic E-state index is 13.4. The van der Waals surface area contributed by atoms with Crippen molar-refractivity contribution in [3.8, 4) is 11.1 Å². The number of hydrogen-bond donors (Lipinski definition) is 0. The molecule has 4 rings (SSSR count). The Balaban J connectivity index is 1.97. The second-order valence-electron chi connectivity index (χ2n) is 7.74. The fourth-order valence-electron chi connectivity index (χ4n) is 4.46. The molecule has 0 saturated heterocycles. The predicted octanol–water partition coefficient (Wildman–Crippen LogP) is 5.57. The summed E-state index contributed by atoms with van der Waals surface area (Å²) in [7, 11) is 0. The highest BCUT2D eigenvalue weighted by atomic mass is 35.5. The largest absolute Gasteiger partial charge is 0.352 e. The standard InChI is InChI=1S/C22H26Cl2N4O/c1-4-6-16(7-5-2)26-10-11-27-22(29)20(17-9-8-15(23)13-18(17)24)21-25-14(3)12-19(26)28(21)27/h8-9,12-13,16H,4-7,10-11H2,1-3H3. The van der Waals surface area contributed by atoms with Gasteiger partial charge in [-0.25, -0.2) is 14.2 Å². The topological polar surface area (TPSA) is 42.5 Å². The predicted molar refractivity (Wildman–Crippen MR) is 121 cm³/mol. The molecule has 0 bridgehead atoms. The van der Waals surface area contributed by atoms with Crippen molar-refractivity contribution in [3.05, 3.63) is 50.4 Å². The lowest BCUT2D eigenvalue weighted by Gasteiger charge is -2.37. The summed E-state index contributed by atoms with van der Waals surface area (Å²) in [5, 5.41) is 1.01. The first-order valence-corrected chi connectivity index (χ1v) is 11.1. The average Bonchev–Trinajstić information content (AvgIpc) is 2.95. The van der Waals surface area contributed by atoms with Crippen LogP contribution in [0.1, 0.15) is 45.2 Å². The highest BCUT2D eigenvalue weighted by molar-refractivity contribution is 6.36. The number of aromatic nitrogens is 3. The van der Waals surface area contributed by atoms with Crippen molar-refractivity contribution in [2.75, 3.05) is 11.4 Å². The van der Waals surface area contributed by atoms with Gasteiger partial charge in [0, 0.05) is 34.9 Å². The molecule has 0 unspecified atom stereocenters. The van der Waals surface area contributed by atoms with E-state index in [1.54, 1.807) is 16.8 Å². The van der Waals surface area contributed by atoms with Gasteiger partial charge in [-0.15, -0.1) is 0 Å². The number of benzene rings is 1. The summed E-state index contributed by atoms with van der Waals surface area (Å²) in [4.78, 5) is 20.6. The van der Waals surface area contributed by atoms with E-state index in [0.717, 1.165) is 43.7 Å². The van der Waals surface area contributed by atoms with Crippen molar-refractivity contribution in [2.24, 2.45) is 0 Å². The Kier molecular flexibility index (Phi) is 5.63. The molecule has 0 fully saturated rings. The van der Waals surface area contributed by atoms with Crippen molar-refractivity contribution in [1.82, 2.24) is 14.2 Å². The number of nitrogens with zero attached hydrogens (tertiary/aromatic N) is 4. The molecule has 2 aromatic heterocycles. The van der Waals surface area contributed by atoms with Gasteiger partial charge in [0.05, 0.1) is 17.1 Å². The molecule has 0 radical (unpaired) electrons. The lowest BCUT2D eigenvalue weighted by molar-refractivity contribution is 0.431. The maximum Gasteiger partial charge on any atom is 0.277 e. The molecule has 0 aliphatic carbocycles. The van der Waals surface area contributed by atoms with E-state index in [-0.39, 0.29) is 5.56 Å². The first kappa shape index (κ1) is 20.3. The van der Waals surface area contributed by atoms with Crippen LogP contribution in [0.15, 0.2) is 29.1 Å². The molecule has 0 atom stereocenters. The van der Waals surface area contributed by atoms with Crippen LogP contribution < -0.4 is 10.5 Å². The Morgan fingerprint density at radius 1 is 1.10 bits per heavy atom. The molecule has 1 aromatic carbocycles. The summed E-state index contributed by atoms with van der Waals surface area (Å²) in [6.07, 6.45) is 4.55. The van der Waals surface area contributed by atoms with Gasteiger partial charge in [0.1, 0.15) is 5.82 Å². The van der Waals surface area contributed by atoms with Gasteiger partial charge in [0.15, 0.2) is 5.65 Å². The van der Waals surface area contributed by atoms with Crippen LogP contribution in [0.25, 0.3) is 16.8 Å². The summed E-state index contributed by atoms with van der Waals surface area (Å²) < 4.78 is 3.78. The van der Waals surface area contributed by atoms with Crippen molar-refractivity contribution in [2.45, 2.75) is 59.0 Å². The first-order valence-electron chi connectivity index (χ1n) is 10.3. The third-order valence-corrected chi connectivity index (χ3v) is 6.23. The van der Waals surface area contributed by atoms with Gasteiger partial charge in [-0.2, -0.15) is 0 Å². The summed E-state index contributed by atoms with van der Waals surface area (Å²) in [6.45, 7) is 7.89. The van der Waals surface area contributed by atoms with E-state index in [1.165, 1.54) is 0 Å². The zero-order chi connectivity index (χ0) is 20.7. The zero-order valence-electron chi connectivity index (χ0n) is 17.1. The maximum atomic E-state index is 13.4. The monoisotopic (exact) mass is 432 g/mol. The van der Waals surface area contributed by atoms with E-state index in [0.29, 0.717) is 39.4 Å². The molecule has 0 spiro atoms. The molecule has 7 heteroatoms. The van der Waals surface area contributed by atoms with Crippen LogP contribution in [-0.4, -0.2) is 26.8 Å². The lowest BCUT2D eigenvalue weighted by Crippen LogP contribution is -2.44. The van der Waals surface area contributed by atoms with Crippen LogP contribution in [0.3, 0.4) is 0 Å². The van der Waals surface area contributed by atoms with Gasteiger partial charge in [0.25, 0.3) is 5.56 Å². The summed E-state index contributed by atoms with van der Waals surface area (Å²) in [6, 6.07) is 7.80. The van der Waals surface area contributed by atoms with Gasteiger partial charge < -0.3 is 4.90 Å². The normalized spacial score (nSPS) is 13.7. The van der Waals surface area contributed by atoms with Crippen molar-refractivity contribution >= 4 is 34.7 Å². The van der Waals surface area contributed by atoms with Gasteiger partial charge in [-0.3, -0.25) is 4.79 Å². The number of aryl methyl sites for hydroxylation is 1. The fraction of sp³-hybridized carbons (Fsp3) is 0.455. The van der Waals surface area contributed by atoms with Crippen molar-refractivity contribution in [3.63, 3.8) is 0 Å². The molecule has 154 valence electrons. The van der Waals surface area contributed by atoms with Crippen LogP contribution in [0, 0.1) is 6.92 Å². The molecular weight excluding hydrogens is 407 g/mol. The molecule has 0 amide bonds. The number of halogens is 2. The number of anilines is 1. The fourth-order valence-corrected chi connectivity index (χ4v) is 4.96.